The molecule has 1 heterocycles. The summed E-state index contributed by atoms with van der Waals surface area (Å²) in [6, 6.07) is 11.4. The number of hydrogen-bond donors (Lipinski definition) is 3. The molecule has 248 valence electrons. The molecule has 0 radical (unpaired) electrons. The molecule has 0 spiro atoms. The normalized spacial score (nSPS) is 19.3. The van der Waals surface area contributed by atoms with Gasteiger partial charge in [-0.05, 0) is 84.2 Å². The minimum atomic E-state index is -4.02. The Morgan fingerprint density at radius 2 is 1.51 bits per heavy atom. The highest BCUT2D eigenvalue weighted by molar-refractivity contribution is 7.86. The van der Waals surface area contributed by atoms with Crippen LogP contribution >= 0.6 is 0 Å². The van der Waals surface area contributed by atoms with Gasteiger partial charge in [0.1, 0.15) is 36.2 Å². The molecule has 0 aliphatic carbocycles. The number of aliphatic carboxylic acids is 2. The van der Waals surface area contributed by atoms with Crippen LogP contribution in [0.5, 0.6) is 5.75 Å². The number of carbonyl (C=O) groups is 3. The van der Waals surface area contributed by atoms with Crippen molar-refractivity contribution in [3.05, 3.63) is 59.7 Å². The summed E-state index contributed by atoms with van der Waals surface area (Å²) < 4.78 is 53.3. The third-order valence-corrected chi connectivity index (χ3v) is 7.96. The molecule has 0 saturated carbocycles. The van der Waals surface area contributed by atoms with E-state index >= 15 is 0 Å². The fraction of sp³-hybridized carbons (Fsp3) is 0.516. The van der Waals surface area contributed by atoms with Crippen LogP contribution in [0.4, 0.5) is 4.79 Å². The lowest BCUT2D eigenvalue weighted by atomic mass is 9.92. The molecule has 1 fully saturated rings. The van der Waals surface area contributed by atoms with Crippen LogP contribution in [0, 0.1) is 12.8 Å². The molecule has 0 bridgehead atoms. The highest BCUT2D eigenvalue weighted by Gasteiger charge is 2.42. The zero-order valence-electron chi connectivity index (χ0n) is 26.1. The molecule has 2 aromatic carbocycles. The molecule has 14 heteroatoms. The quantitative estimate of drug-likeness (QED) is 0.251. The molecular formula is C31H41NO12S. The van der Waals surface area contributed by atoms with Crippen LogP contribution in [0.3, 0.4) is 0 Å². The summed E-state index contributed by atoms with van der Waals surface area (Å²) in [4.78, 5) is 35.8. The van der Waals surface area contributed by atoms with Crippen molar-refractivity contribution in [2.75, 3.05) is 13.2 Å². The van der Waals surface area contributed by atoms with Crippen molar-refractivity contribution in [1.29, 1.82) is 0 Å². The Morgan fingerprint density at radius 1 is 0.933 bits per heavy atom. The summed E-state index contributed by atoms with van der Waals surface area (Å²) in [7, 11) is -4.02. The first-order valence-electron chi connectivity index (χ1n) is 14.3. The van der Waals surface area contributed by atoms with Crippen molar-refractivity contribution in [3.63, 3.8) is 0 Å². The predicted molar refractivity (Wildman–Crippen MR) is 160 cm³/mol. The Bertz CT molecular complexity index is 1430. The van der Waals surface area contributed by atoms with E-state index in [0.717, 1.165) is 5.56 Å². The molecule has 0 unspecified atom stereocenters. The van der Waals surface area contributed by atoms with Gasteiger partial charge in [0.05, 0.1) is 17.4 Å². The van der Waals surface area contributed by atoms with Crippen molar-refractivity contribution < 1.29 is 56.1 Å². The van der Waals surface area contributed by atoms with Gasteiger partial charge in [0, 0.05) is 0 Å². The average Bonchev–Trinajstić information content (AvgIpc) is 3.23. The summed E-state index contributed by atoms with van der Waals surface area (Å²) in [5.41, 5.74) is 0.660. The van der Waals surface area contributed by atoms with Crippen LogP contribution in [0.15, 0.2) is 53.4 Å². The maximum Gasteiger partial charge on any atom is 0.408 e. The van der Waals surface area contributed by atoms with E-state index in [0.29, 0.717) is 11.3 Å². The molecule has 2 aromatic rings. The molecule has 3 N–H and O–H groups in total. The number of carboxylic acids is 2. The minimum absolute atomic E-state index is 0.00196. The predicted octanol–water partition coefficient (Wildman–Crippen LogP) is 3.91. The average molecular weight is 652 g/mol. The molecule has 1 amide bonds. The monoisotopic (exact) mass is 651 g/mol. The number of aryl methyl sites for hydroxylation is 1. The Kier molecular flexibility index (Phi) is 11.6. The highest BCUT2D eigenvalue weighted by atomic mass is 32.2. The molecular weight excluding hydrogens is 610 g/mol. The lowest BCUT2D eigenvalue weighted by Crippen LogP contribution is -2.45. The standard InChI is InChI=1S/C31H41NO12S/c1-19-7-13-23(14-8-19)45(38,39)41-18-26-25(42-31(5,6)43-26)17-40-22-11-9-20(10-12-22)15-21(27(33)34)16-24(28(35)36)32-29(37)44-30(2,3)4/h7-14,21,24-26H,15-18H2,1-6H3,(H,32,37)(H,33,34)(H,35,36)/t21-,24-,25-,26-/m0/s1. The van der Waals surface area contributed by atoms with E-state index in [2.05, 4.69) is 5.32 Å². The zero-order valence-corrected chi connectivity index (χ0v) is 27.0. The lowest BCUT2D eigenvalue weighted by Gasteiger charge is -2.23. The van der Waals surface area contributed by atoms with Gasteiger partial charge in [0.15, 0.2) is 5.79 Å². The van der Waals surface area contributed by atoms with Crippen LogP contribution in [-0.2, 0) is 44.5 Å². The van der Waals surface area contributed by atoms with E-state index < -0.39 is 63.7 Å². The van der Waals surface area contributed by atoms with Crippen LogP contribution < -0.4 is 10.1 Å². The van der Waals surface area contributed by atoms with E-state index in [4.69, 9.17) is 23.1 Å². The summed E-state index contributed by atoms with van der Waals surface area (Å²) >= 11 is 0. The van der Waals surface area contributed by atoms with Gasteiger partial charge in [0.25, 0.3) is 10.1 Å². The van der Waals surface area contributed by atoms with Crippen molar-refractivity contribution in [1.82, 2.24) is 5.32 Å². The summed E-state index contributed by atoms with van der Waals surface area (Å²) in [6.07, 6.45) is -2.72. The Balaban J connectivity index is 1.58. The number of amides is 1. The van der Waals surface area contributed by atoms with Crippen molar-refractivity contribution in [2.24, 2.45) is 5.92 Å². The number of carbonyl (C=O) groups excluding carboxylic acids is 1. The number of ether oxygens (including phenoxy) is 4. The molecule has 1 aliphatic heterocycles. The van der Waals surface area contributed by atoms with Crippen LogP contribution in [0.25, 0.3) is 0 Å². The van der Waals surface area contributed by atoms with Gasteiger partial charge in [-0.1, -0.05) is 29.8 Å². The Hall–Kier alpha value is -3.72. The van der Waals surface area contributed by atoms with Gasteiger partial charge in [-0.25, -0.2) is 9.59 Å². The van der Waals surface area contributed by atoms with Gasteiger partial charge >= 0.3 is 18.0 Å². The van der Waals surface area contributed by atoms with Crippen molar-refractivity contribution in [3.8, 4) is 5.75 Å². The van der Waals surface area contributed by atoms with Crippen LogP contribution in [-0.4, -0.2) is 79.5 Å². The maximum atomic E-state index is 12.6. The van der Waals surface area contributed by atoms with E-state index in [-0.39, 0.29) is 31.0 Å². The van der Waals surface area contributed by atoms with Crippen LogP contribution in [0.1, 0.15) is 52.2 Å². The van der Waals surface area contributed by atoms with Gasteiger partial charge in [-0.15, -0.1) is 0 Å². The lowest BCUT2D eigenvalue weighted by molar-refractivity contribution is -0.150. The van der Waals surface area contributed by atoms with E-state index in [1.54, 1.807) is 71.0 Å². The van der Waals surface area contributed by atoms with Crippen molar-refractivity contribution in [2.45, 2.75) is 88.9 Å². The van der Waals surface area contributed by atoms with Gasteiger partial charge in [-0.2, -0.15) is 8.42 Å². The third kappa shape index (κ3) is 11.3. The first-order valence-corrected chi connectivity index (χ1v) is 15.7. The fourth-order valence-electron chi connectivity index (χ4n) is 4.53. The second kappa shape index (κ2) is 14.6. The highest BCUT2D eigenvalue weighted by Crippen LogP contribution is 2.30. The fourth-order valence-corrected chi connectivity index (χ4v) is 5.45. The van der Waals surface area contributed by atoms with Gasteiger partial charge in [-0.3, -0.25) is 8.98 Å². The van der Waals surface area contributed by atoms with Gasteiger partial charge in [0.2, 0.25) is 0 Å². The number of benzene rings is 2. The first kappa shape index (κ1) is 35.8. The topological polar surface area (TPSA) is 184 Å². The van der Waals surface area contributed by atoms with E-state index in [1.165, 1.54) is 12.1 Å². The number of rotatable bonds is 14. The van der Waals surface area contributed by atoms with E-state index in [1.807, 2.05) is 6.92 Å². The van der Waals surface area contributed by atoms with Crippen molar-refractivity contribution >= 4 is 28.1 Å². The molecule has 4 atom stereocenters. The smallest absolute Gasteiger partial charge is 0.408 e. The molecule has 1 aliphatic rings. The molecule has 3 rings (SSSR count). The molecule has 0 aromatic heterocycles. The van der Waals surface area contributed by atoms with Gasteiger partial charge < -0.3 is 34.5 Å². The third-order valence-electron chi connectivity index (χ3n) is 6.66. The maximum absolute atomic E-state index is 12.6. The largest absolute Gasteiger partial charge is 0.491 e. The summed E-state index contributed by atoms with van der Waals surface area (Å²) in [5, 5.41) is 21.5. The molecule has 45 heavy (non-hydrogen) atoms. The summed E-state index contributed by atoms with van der Waals surface area (Å²) in [6.45, 7) is 9.83. The van der Waals surface area contributed by atoms with Crippen LogP contribution in [0.2, 0.25) is 0 Å². The first-order chi connectivity index (χ1) is 20.8. The number of alkyl carbamates (subject to hydrolysis) is 1. The molecule has 1 saturated heterocycles. The molecule has 13 nitrogen and oxygen atoms in total. The Morgan fingerprint density at radius 3 is 2.04 bits per heavy atom. The SMILES string of the molecule is Cc1ccc(S(=O)(=O)OC[C@@H]2OC(C)(C)O[C@H]2COc2ccc(C[C@@H](C[C@H](NC(=O)OC(C)(C)C)C(=O)O)C(=O)O)cc2)cc1. The second-order valence-electron chi connectivity index (χ2n) is 12.2. The number of carboxylic acid groups (broad SMARTS) is 2. The second-order valence-corrected chi connectivity index (χ2v) is 13.8. The number of nitrogens with one attached hydrogen (secondary N) is 1. The van der Waals surface area contributed by atoms with E-state index in [9.17, 15) is 33.0 Å². The minimum Gasteiger partial charge on any atom is -0.491 e. The number of hydrogen-bond acceptors (Lipinski definition) is 10. The summed E-state index contributed by atoms with van der Waals surface area (Å²) in [5.74, 6) is -4.28. The zero-order chi connectivity index (χ0) is 33.6. The Labute approximate surface area is 262 Å².